The zero-order valence-corrected chi connectivity index (χ0v) is 14.2. The maximum atomic E-state index is 13.4. The number of carbonyl (C=O) groups is 1. The second-order valence-electron chi connectivity index (χ2n) is 5.08. The van der Waals surface area contributed by atoms with Gasteiger partial charge in [-0.05, 0) is 26.0 Å². The summed E-state index contributed by atoms with van der Waals surface area (Å²) in [4.78, 5) is 21.0. The summed E-state index contributed by atoms with van der Waals surface area (Å²) in [5, 5.41) is 4.85. The molecule has 0 aromatic carbocycles. The normalized spacial score (nSPS) is 10.8. The number of hydrogen-bond donors (Lipinski definition) is 0. The summed E-state index contributed by atoms with van der Waals surface area (Å²) in [6.45, 7) is 3.90. The lowest BCUT2D eigenvalue weighted by Gasteiger charge is -1.98. The van der Waals surface area contributed by atoms with Crippen molar-refractivity contribution in [2.24, 2.45) is 7.05 Å². The Labute approximate surface area is 141 Å². The van der Waals surface area contributed by atoms with Crippen molar-refractivity contribution in [1.82, 2.24) is 19.7 Å². The molecule has 0 saturated carbocycles. The first kappa shape index (κ1) is 16.3. The van der Waals surface area contributed by atoms with Crippen LogP contribution in [0, 0.1) is 12.7 Å². The summed E-state index contributed by atoms with van der Waals surface area (Å²) in [5.41, 5.74) is 2.39. The Balaban J connectivity index is 2.00. The molecule has 124 valence electrons. The molecule has 0 saturated heterocycles. The van der Waals surface area contributed by atoms with Gasteiger partial charge in [-0.15, -0.1) is 11.3 Å². The molecule has 0 radical (unpaired) electrons. The zero-order valence-electron chi connectivity index (χ0n) is 13.4. The average Bonchev–Trinajstić information content (AvgIpc) is 3.10. The van der Waals surface area contributed by atoms with Crippen LogP contribution < -0.4 is 0 Å². The fourth-order valence-corrected chi connectivity index (χ4v) is 3.37. The molecular formula is C16H15FN4O2S. The van der Waals surface area contributed by atoms with Gasteiger partial charge in [0.1, 0.15) is 10.8 Å². The number of hydrogen-bond acceptors (Lipinski definition) is 6. The number of rotatable bonds is 4. The minimum Gasteiger partial charge on any atom is -0.461 e. The lowest BCUT2D eigenvalue weighted by molar-refractivity contribution is 0.0518. The summed E-state index contributed by atoms with van der Waals surface area (Å²) in [6.07, 6.45) is 2.72. The number of nitrogens with zero attached hydrogens (tertiary/aromatic N) is 4. The van der Waals surface area contributed by atoms with Crippen molar-refractivity contribution in [1.29, 1.82) is 0 Å². The molecule has 0 atom stereocenters. The van der Waals surface area contributed by atoms with Crippen LogP contribution in [0.5, 0.6) is 0 Å². The van der Waals surface area contributed by atoms with Gasteiger partial charge in [0.05, 0.1) is 29.1 Å². The summed E-state index contributed by atoms with van der Waals surface area (Å²) >= 11 is 1.40. The number of esters is 1. The van der Waals surface area contributed by atoms with Crippen molar-refractivity contribution < 1.29 is 13.9 Å². The third-order valence-corrected chi connectivity index (χ3v) is 4.57. The fourth-order valence-electron chi connectivity index (χ4n) is 2.27. The molecule has 3 aromatic heterocycles. The van der Waals surface area contributed by atoms with Crippen molar-refractivity contribution in [3.63, 3.8) is 0 Å². The van der Waals surface area contributed by atoms with E-state index in [4.69, 9.17) is 4.74 Å². The van der Waals surface area contributed by atoms with E-state index < -0.39 is 11.8 Å². The molecular weight excluding hydrogens is 331 g/mol. The van der Waals surface area contributed by atoms with Crippen LogP contribution in [0.3, 0.4) is 0 Å². The Kier molecular flexibility index (Phi) is 4.39. The molecule has 0 amide bonds. The van der Waals surface area contributed by atoms with Gasteiger partial charge < -0.3 is 4.74 Å². The monoisotopic (exact) mass is 346 g/mol. The quantitative estimate of drug-likeness (QED) is 0.678. The van der Waals surface area contributed by atoms with Gasteiger partial charge in [-0.3, -0.25) is 9.67 Å². The molecule has 0 aliphatic rings. The third-order valence-electron chi connectivity index (χ3n) is 3.35. The topological polar surface area (TPSA) is 69.9 Å². The molecule has 3 aromatic rings. The van der Waals surface area contributed by atoms with Crippen molar-refractivity contribution in [2.75, 3.05) is 6.61 Å². The number of thiazole rings is 1. The Morgan fingerprint density at radius 3 is 2.88 bits per heavy atom. The standard InChI is InChI=1S/C16H15FN4O2S/c1-4-23-16(22)12-6-13(21(3)20-12)14-9(2)19-15(24-14)10-5-11(17)8-18-7-10/h5-8H,4H2,1-3H3. The van der Waals surface area contributed by atoms with Gasteiger partial charge in [-0.25, -0.2) is 14.2 Å². The van der Waals surface area contributed by atoms with Crippen LogP contribution in [-0.4, -0.2) is 32.3 Å². The van der Waals surface area contributed by atoms with Gasteiger partial charge in [-0.1, -0.05) is 0 Å². The van der Waals surface area contributed by atoms with E-state index in [1.165, 1.54) is 17.4 Å². The van der Waals surface area contributed by atoms with Gasteiger partial charge in [0.15, 0.2) is 5.69 Å². The van der Waals surface area contributed by atoms with Gasteiger partial charge in [0, 0.05) is 18.8 Å². The van der Waals surface area contributed by atoms with Crippen molar-refractivity contribution >= 4 is 17.3 Å². The van der Waals surface area contributed by atoms with E-state index in [0.717, 1.165) is 22.5 Å². The number of aryl methyl sites for hydroxylation is 2. The van der Waals surface area contributed by atoms with Crippen LogP contribution >= 0.6 is 11.3 Å². The first-order valence-corrected chi connectivity index (χ1v) is 8.11. The highest BCUT2D eigenvalue weighted by Crippen LogP contribution is 2.35. The fraction of sp³-hybridized carbons (Fsp3) is 0.250. The van der Waals surface area contributed by atoms with E-state index in [2.05, 4.69) is 15.1 Å². The number of halogens is 1. The molecule has 3 rings (SSSR count). The molecule has 0 aliphatic heterocycles. The molecule has 0 unspecified atom stereocenters. The van der Waals surface area contributed by atoms with Crippen LogP contribution in [0.1, 0.15) is 23.1 Å². The summed E-state index contributed by atoms with van der Waals surface area (Å²) in [5.74, 6) is -0.872. The van der Waals surface area contributed by atoms with E-state index in [0.29, 0.717) is 17.2 Å². The Hall–Kier alpha value is -2.61. The van der Waals surface area contributed by atoms with Crippen LogP contribution in [0.4, 0.5) is 4.39 Å². The molecule has 0 fully saturated rings. The first-order valence-electron chi connectivity index (χ1n) is 7.29. The minimum atomic E-state index is -0.462. The van der Waals surface area contributed by atoms with Crippen LogP contribution in [0.25, 0.3) is 21.1 Å². The van der Waals surface area contributed by atoms with Crippen LogP contribution in [-0.2, 0) is 11.8 Å². The smallest absolute Gasteiger partial charge is 0.358 e. The highest BCUT2D eigenvalue weighted by atomic mass is 32.1. The SMILES string of the molecule is CCOC(=O)c1cc(-c2sc(-c3cncc(F)c3)nc2C)n(C)n1. The van der Waals surface area contributed by atoms with Crippen LogP contribution in [0.2, 0.25) is 0 Å². The van der Waals surface area contributed by atoms with Crippen molar-refractivity contribution in [3.8, 4) is 21.1 Å². The van der Waals surface area contributed by atoms with E-state index in [1.54, 1.807) is 30.9 Å². The minimum absolute atomic E-state index is 0.246. The summed E-state index contributed by atoms with van der Waals surface area (Å²) in [6, 6.07) is 3.06. The average molecular weight is 346 g/mol. The lowest BCUT2D eigenvalue weighted by Crippen LogP contribution is -2.05. The molecule has 0 N–H and O–H groups in total. The molecule has 0 spiro atoms. The molecule has 0 aliphatic carbocycles. The highest BCUT2D eigenvalue weighted by Gasteiger charge is 2.19. The second-order valence-corrected chi connectivity index (χ2v) is 6.08. The molecule has 0 bridgehead atoms. The van der Waals surface area contributed by atoms with E-state index >= 15 is 0 Å². The maximum absolute atomic E-state index is 13.4. The summed E-state index contributed by atoms with van der Waals surface area (Å²) < 4.78 is 19.9. The van der Waals surface area contributed by atoms with E-state index in [1.807, 2.05) is 6.92 Å². The number of carbonyl (C=O) groups excluding carboxylic acids is 1. The molecule has 8 heteroatoms. The van der Waals surface area contributed by atoms with Gasteiger partial charge in [-0.2, -0.15) is 5.10 Å². The molecule has 3 heterocycles. The van der Waals surface area contributed by atoms with Gasteiger partial charge in [0.25, 0.3) is 0 Å². The van der Waals surface area contributed by atoms with Crippen molar-refractivity contribution in [2.45, 2.75) is 13.8 Å². The predicted molar refractivity (Wildman–Crippen MR) is 88.2 cm³/mol. The maximum Gasteiger partial charge on any atom is 0.358 e. The third kappa shape index (κ3) is 3.05. The Morgan fingerprint density at radius 1 is 1.38 bits per heavy atom. The number of pyridine rings is 1. The Bertz CT molecular complexity index is 903. The largest absolute Gasteiger partial charge is 0.461 e. The van der Waals surface area contributed by atoms with E-state index in [9.17, 15) is 9.18 Å². The Morgan fingerprint density at radius 2 is 2.17 bits per heavy atom. The second kappa shape index (κ2) is 6.48. The van der Waals surface area contributed by atoms with E-state index in [-0.39, 0.29) is 5.69 Å². The summed E-state index contributed by atoms with van der Waals surface area (Å²) in [7, 11) is 1.75. The predicted octanol–water partition coefficient (Wildman–Crippen LogP) is 3.23. The van der Waals surface area contributed by atoms with Gasteiger partial charge >= 0.3 is 5.97 Å². The number of aromatic nitrogens is 4. The van der Waals surface area contributed by atoms with Crippen molar-refractivity contribution in [3.05, 3.63) is 41.7 Å². The number of ether oxygens (including phenoxy) is 1. The molecule has 6 nitrogen and oxygen atoms in total. The first-order chi connectivity index (χ1) is 11.5. The lowest BCUT2D eigenvalue weighted by atomic mass is 10.2. The zero-order chi connectivity index (χ0) is 17.3. The van der Waals surface area contributed by atoms with Gasteiger partial charge in [0.2, 0.25) is 0 Å². The molecule has 24 heavy (non-hydrogen) atoms. The van der Waals surface area contributed by atoms with Crippen LogP contribution in [0.15, 0.2) is 24.5 Å². The highest BCUT2D eigenvalue weighted by molar-refractivity contribution is 7.18.